The Morgan fingerprint density at radius 1 is 0.742 bits per heavy atom. The smallest absolute Gasteiger partial charge is 0.261 e. The highest BCUT2D eigenvalue weighted by Gasteiger charge is 2.20. The van der Waals surface area contributed by atoms with Crippen molar-refractivity contribution in [1.82, 2.24) is 0 Å². The zero-order chi connectivity index (χ0) is 22.6. The molecule has 162 valence electrons. The van der Waals surface area contributed by atoms with Gasteiger partial charge in [0, 0.05) is 21.4 Å². The number of amides is 1. The summed E-state index contributed by atoms with van der Waals surface area (Å²) < 4.78 is 52.4. The predicted molar refractivity (Wildman–Crippen MR) is 121 cm³/mol. The summed E-state index contributed by atoms with van der Waals surface area (Å²) >= 11 is 11.5. The van der Waals surface area contributed by atoms with Crippen LogP contribution >= 0.6 is 23.2 Å². The third-order valence-corrected chi connectivity index (χ3v) is 7.53. The number of hydrogen-bond donors (Lipinski definition) is 2. The van der Waals surface area contributed by atoms with E-state index in [9.17, 15) is 21.6 Å². The van der Waals surface area contributed by atoms with Crippen molar-refractivity contribution < 1.29 is 21.6 Å². The second-order valence-corrected chi connectivity index (χ2v) is 10.9. The van der Waals surface area contributed by atoms with Crippen LogP contribution in [-0.2, 0) is 24.7 Å². The second-order valence-electron chi connectivity index (χ2n) is 6.40. The summed E-state index contributed by atoms with van der Waals surface area (Å²) in [4.78, 5) is 12.1. The molecule has 0 aliphatic carbocycles. The molecule has 3 rings (SSSR count). The zero-order valence-corrected chi connectivity index (χ0v) is 18.9. The van der Waals surface area contributed by atoms with Crippen LogP contribution in [0, 0.1) is 0 Å². The van der Waals surface area contributed by atoms with Gasteiger partial charge in [0.05, 0.1) is 9.79 Å². The Hall–Kier alpha value is -2.59. The minimum Gasteiger partial charge on any atom is -0.325 e. The van der Waals surface area contributed by atoms with Gasteiger partial charge in [-0.3, -0.25) is 9.52 Å². The van der Waals surface area contributed by atoms with E-state index in [0.29, 0.717) is 15.7 Å². The maximum atomic E-state index is 12.6. The van der Waals surface area contributed by atoms with Crippen LogP contribution in [0.5, 0.6) is 0 Å². The van der Waals surface area contributed by atoms with E-state index in [4.69, 9.17) is 23.2 Å². The standard InChI is InChI=1S/C20H16Cl2N2O5S2/c21-14-4-8-16(9-5-14)24-31(28,29)19-3-1-2-17(12-19)23-20(25)13-30(26,27)18-10-6-15(22)7-11-18/h1-12,24H,13H2,(H,23,25). The summed E-state index contributed by atoms with van der Waals surface area (Å²) in [5.41, 5.74) is 0.447. The highest BCUT2D eigenvalue weighted by Crippen LogP contribution is 2.21. The van der Waals surface area contributed by atoms with Gasteiger partial charge in [-0.25, -0.2) is 16.8 Å². The Labute approximate surface area is 190 Å². The maximum Gasteiger partial charge on any atom is 0.261 e. The number of carbonyl (C=O) groups is 1. The Bertz CT molecular complexity index is 1310. The number of halogens is 2. The van der Waals surface area contributed by atoms with Crippen molar-refractivity contribution in [1.29, 1.82) is 0 Å². The first-order valence-electron chi connectivity index (χ1n) is 8.72. The summed E-state index contributed by atoms with van der Waals surface area (Å²) in [5, 5.41) is 3.24. The van der Waals surface area contributed by atoms with Crippen LogP contribution in [0.4, 0.5) is 11.4 Å². The molecule has 0 aliphatic heterocycles. The van der Waals surface area contributed by atoms with Gasteiger partial charge in [0.1, 0.15) is 5.75 Å². The molecule has 3 aromatic rings. The van der Waals surface area contributed by atoms with Gasteiger partial charge in [0.2, 0.25) is 5.91 Å². The van der Waals surface area contributed by atoms with Crippen LogP contribution in [0.25, 0.3) is 0 Å². The summed E-state index contributed by atoms with van der Waals surface area (Å²) in [6.07, 6.45) is 0. The van der Waals surface area contributed by atoms with Crippen LogP contribution in [0.1, 0.15) is 0 Å². The number of sulfone groups is 1. The number of benzene rings is 3. The monoisotopic (exact) mass is 498 g/mol. The molecule has 0 heterocycles. The minimum atomic E-state index is -3.94. The summed E-state index contributed by atoms with van der Waals surface area (Å²) in [6, 6.07) is 17.0. The Morgan fingerprint density at radius 2 is 1.32 bits per heavy atom. The molecule has 0 aliphatic rings. The van der Waals surface area contributed by atoms with E-state index in [0.717, 1.165) is 0 Å². The summed E-state index contributed by atoms with van der Waals surface area (Å²) in [7, 11) is -7.83. The molecule has 0 saturated heterocycles. The Balaban J connectivity index is 1.73. The maximum absolute atomic E-state index is 12.6. The highest BCUT2D eigenvalue weighted by molar-refractivity contribution is 7.92. The topological polar surface area (TPSA) is 109 Å². The van der Waals surface area contributed by atoms with E-state index < -0.39 is 31.5 Å². The number of anilines is 2. The second kappa shape index (κ2) is 9.27. The van der Waals surface area contributed by atoms with Crippen LogP contribution in [0.15, 0.2) is 82.6 Å². The fourth-order valence-electron chi connectivity index (χ4n) is 2.57. The van der Waals surface area contributed by atoms with Gasteiger partial charge in [0.15, 0.2) is 9.84 Å². The lowest BCUT2D eigenvalue weighted by molar-refractivity contribution is -0.113. The van der Waals surface area contributed by atoms with Crippen molar-refractivity contribution in [3.05, 3.63) is 82.8 Å². The summed E-state index contributed by atoms with van der Waals surface area (Å²) in [5.74, 6) is -1.62. The SMILES string of the molecule is O=C(CS(=O)(=O)c1ccc(Cl)cc1)Nc1cccc(S(=O)(=O)Nc2ccc(Cl)cc2)c1. The first-order valence-corrected chi connectivity index (χ1v) is 12.6. The highest BCUT2D eigenvalue weighted by atomic mass is 35.5. The first kappa shape index (κ1) is 23.1. The fourth-order valence-corrected chi connectivity index (χ4v) is 5.06. The number of rotatable bonds is 7. The molecule has 2 N–H and O–H groups in total. The molecule has 0 radical (unpaired) electrons. The van der Waals surface area contributed by atoms with Crippen molar-refractivity contribution in [2.24, 2.45) is 0 Å². The first-order chi connectivity index (χ1) is 14.5. The summed E-state index contributed by atoms with van der Waals surface area (Å²) in [6.45, 7) is 0. The van der Waals surface area contributed by atoms with Gasteiger partial charge < -0.3 is 5.32 Å². The molecule has 0 bridgehead atoms. The quantitative estimate of drug-likeness (QED) is 0.506. The molecular weight excluding hydrogens is 483 g/mol. The van der Waals surface area contributed by atoms with Crippen LogP contribution in [0.3, 0.4) is 0 Å². The largest absolute Gasteiger partial charge is 0.325 e. The van der Waals surface area contributed by atoms with Crippen molar-refractivity contribution in [2.45, 2.75) is 9.79 Å². The molecule has 11 heteroatoms. The molecule has 7 nitrogen and oxygen atoms in total. The van der Waals surface area contributed by atoms with E-state index >= 15 is 0 Å². The van der Waals surface area contributed by atoms with Crippen LogP contribution < -0.4 is 10.0 Å². The van der Waals surface area contributed by atoms with E-state index in [1.165, 1.54) is 72.8 Å². The lowest BCUT2D eigenvalue weighted by Gasteiger charge is -2.11. The molecule has 0 aromatic heterocycles. The van der Waals surface area contributed by atoms with E-state index in [2.05, 4.69) is 10.0 Å². The van der Waals surface area contributed by atoms with E-state index in [1.54, 1.807) is 0 Å². The molecule has 3 aromatic carbocycles. The van der Waals surface area contributed by atoms with E-state index in [-0.39, 0.29) is 15.5 Å². The average molecular weight is 499 g/mol. The molecule has 0 atom stereocenters. The number of nitrogens with one attached hydrogen (secondary N) is 2. The lowest BCUT2D eigenvalue weighted by atomic mass is 10.3. The molecule has 1 amide bonds. The predicted octanol–water partition coefficient (Wildman–Crippen LogP) is 4.21. The number of hydrogen-bond acceptors (Lipinski definition) is 5. The minimum absolute atomic E-state index is 0.0458. The Kier molecular flexibility index (Phi) is 6.90. The molecule has 0 spiro atoms. The van der Waals surface area contributed by atoms with Crippen molar-refractivity contribution in [3.8, 4) is 0 Å². The molecule has 0 fully saturated rings. The van der Waals surface area contributed by atoms with Gasteiger partial charge >= 0.3 is 0 Å². The molecule has 0 saturated carbocycles. The van der Waals surface area contributed by atoms with Crippen molar-refractivity contribution in [2.75, 3.05) is 15.8 Å². The van der Waals surface area contributed by atoms with E-state index in [1.807, 2.05) is 0 Å². The van der Waals surface area contributed by atoms with Crippen molar-refractivity contribution >= 4 is 60.3 Å². The molecule has 31 heavy (non-hydrogen) atoms. The molecule has 0 unspecified atom stereocenters. The van der Waals surface area contributed by atoms with Gasteiger partial charge in [-0.15, -0.1) is 0 Å². The van der Waals surface area contributed by atoms with Gasteiger partial charge in [0.25, 0.3) is 10.0 Å². The zero-order valence-electron chi connectivity index (χ0n) is 15.7. The van der Waals surface area contributed by atoms with Gasteiger partial charge in [-0.1, -0.05) is 29.3 Å². The van der Waals surface area contributed by atoms with Gasteiger partial charge in [-0.2, -0.15) is 0 Å². The number of sulfonamides is 1. The normalized spacial score (nSPS) is 11.7. The molecular formula is C20H16Cl2N2O5S2. The lowest BCUT2D eigenvalue weighted by Crippen LogP contribution is -2.23. The Morgan fingerprint density at radius 3 is 1.94 bits per heavy atom. The van der Waals surface area contributed by atoms with Crippen LogP contribution in [0.2, 0.25) is 10.0 Å². The van der Waals surface area contributed by atoms with Crippen LogP contribution in [-0.4, -0.2) is 28.5 Å². The van der Waals surface area contributed by atoms with Gasteiger partial charge in [-0.05, 0) is 66.7 Å². The average Bonchev–Trinajstić information content (AvgIpc) is 2.69. The van der Waals surface area contributed by atoms with Crippen molar-refractivity contribution in [3.63, 3.8) is 0 Å². The third-order valence-electron chi connectivity index (χ3n) is 4.02. The fraction of sp³-hybridized carbons (Fsp3) is 0.0500. The number of carbonyl (C=O) groups excluding carboxylic acids is 1. The third kappa shape index (κ3) is 6.20.